The monoisotopic (exact) mass is 410 g/mol. The lowest BCUT2D eigenvalue weighted by atomic mass is 9.87. The molecule has 8 heteroatoms. The smallest absolute Gasteiger partial charge is 0.324 e. The first-order valence-corrected chi connectivity index (χ1v) is 9.88. The van der Waals surface area contributed by atoms with Gasteiger partial charge in [0, 0.05) is 13.1 Å². The number of piperidine rings is 1. The third-order valence-electron chi connectivity index (χ3n) is 5.73. The maximum atomic E-state index is 13.8. The van der Waals surface area contributed by atoms with E-state index in [0.717, 1.165) is 11.1 Å². The van der Waals surface area contributed by atoms with Crippen LogP contribution in [0, 0.1) is 12.7 Å². The Balaban J connectivity index is 1.39. The number of carbonyl (C=O) groups excluding carboxylic acids is 3. The van der Waals surface area contributed by atoms with Gasteiger partial charge in [0.25, 0.3) is 5.91 Å². The number of halogens is 1. The number of hydrogen-bond donors (Lipinski definition) is 2. The Morgan fingerprint density at radius 1 is 1.10 bits per heavy atom. The molecule has 2 aromatic rings. The van der Waals surface area contributed by atoms with Gasteiger partial charge >= 0.3 is 12.1 Å². The Hall–Kier alpha value is -3.42. The van der Waals surface area contributed by atoms with Gasteiger partial charge in [-0.15, -0.1) is 0 Å². The fourth-order valence-corrected chi connectivity index (χ4v) is 3.88. The second-order valence-corrected chi connectivity index (χ2v) is 7.79. The van der Waals surface area contributed by atoms with Gasteiger partial charge in [0.1, 0.15) is 11.4 Å². The highest BCUT2D eigenvalue weighted by Gasteiger charge is 2.52. The van der Waals surface area contributed by atoms with Crippen LogP contribution in [0.5, 0.6) is 0 Å². The molecule has 0 aliphatic carbocycles. The first-order chi connectivity index (χ1) is 14.4. The number of likely N-dealkylation sites (tertiary alicyclic amines) is 1. The van der Waals surface area contributed by atoms with Gasteiger partial charge in [0.2, 0.25) is 0 Å². The topological polar surface area (TPSA) is 81.8 Å². The SMILES string of the molecule is Cc1ccc(CN2C(=O)NC3(CCN(C(=O)Nc4ccccc4F)CC3)C2=O)cc1. The number of hydrogen-bond acceptors (Lipinski definition) is 3. The first kappa shape index (κ1) is 19.9. The van der Waals surface area contributed by atoms with Crippen LogP contribution in [-0.2, 0) is 11.3 Å². The van der Waals surface area contributed by atoms with Crippen molar-refractivity contribution in [1.82, 2.24) is 15.1 Å². The highest BCUT2D eigenvalue weighted by molar-refractivity contribution is 6.07. The third kappa shape index (κ3) is 3.72. The second kappa shape index (κ2) is 7.78. The third-order valence-corrected chi connectivity index (χ3v) is 5.73. The summed E-state index contributed by atoms with van der Waals surface area (Å²) in [5.74, 6) is -0.772. The molecule has 1 spiro atoms. The van der Waals surface area contributed by atoms with E-state index < -0.39 is 23.4 Å². The van der Waals surface area contributed by atoms with E-state index in [1.54, 1.807) is 12.1 Å². The molecule has 0 bridgehead atoms. The van der Waals surface area contributed by atoms with Crippen molar-refractivity contribution in [2.75, 3.05) is 18.4 Å². The predicted octanol–water partition coefficient (Wildman–Crippen LogP) is 3.25. The minimum absolute atomic E-state index is 0.109. The van der Waals surface area contributed by atoms with Gasteiger partial charge in [-0.3, -0.25) is 9.69 Å². The van der Waals surface area contributed by atoms with Gasteiger partial charge < -0.3 is 15.5 Å². The number of carbonyl (C=O) groups is 3. The molecular weight excluding hydrogens is 387 g/mol. The zero-order chi connectivity index (χ0) is 21.3. The van der Waals surface area contributed by atoms with Gasteiger partial charge in [-0.2, -0.15) is 0 Å². The maximum absolute atomic E-state index is 13.8. The van der Waals surface area contributed by atoms with Crippen LogP contribution in [0.1, 0.15) is 24.0 Å². The molecule has 2 N–H and O–H groups in total. The molecule has 7 nitrogen and oxygen atoms in total. The minimum Gasteiger partial charge on any atom is -0.324 e. The van der Waals surface area contributed by atoms with E-state index in [9.17, 15) is 18.8 Å². The molecule has 156 valence electrons. The van der Waals surface area contributed by atoms with Crippen LogP contribution in [0.4, 0.5) is 19.7 Å². The summed E-state index contributed by atoms with van der Waals surface area (Å²) < 4.78 is 13.8. The average Bonchev–Trinajstić information content (AvgIpc) is 2.96. The molecule has 2 heterocycles. The van der Waals surface area contributed by atoms with Gasteiger partial charge in [-0.1, -0.05) is 42.0 Å². The Morgan fingerprint density at radius 2 is 1.77 bits per heavy atom. The Kier molecular flexibility index (Phi) is 5.15. The lowest BCUT2D eigenvalue weighted by Crippen LogP contribution is -2.56. The number of benzene rings is 2. The van der Waals surface area contributed by atoms with Crippen LogP contribution in [0.25, 0.3) is 0 Å². The summed E-state index contributed by atoms with van der Waals surface area (Å²) in [7, 11) is 0. The fourth-order valence-electron chi connectivity index (χ4n) is 3.88. The van der Waals surface area contributed by atoms with E-state index in [-0.39, 0.29) is 31.2 Å². The zero-order valence-corrected chi connectivity index (χ0v) is 16.7. The van der Waals surface area contributed by atoms with E-state index in [0.29, 0.717) is 12.8 Å². The summed E-state index contributed by atoms with van der Waals surface area (Å²) in [4.78, 5) is 40.8. The van der Waals surface area contributed by atoms with Crippen LogP contribution < -0.4 is 10.6 Å². The van der Waals surface area contributed by atoms with Crippen molar-refractivity contribution in [2.45, 2.75) is 31.8 Å². The van der Waals surface area contributed by atoms with Gasteiger partial charge in [0.05, 0.1) is 12.2 Å². The molecular formula is C22H23FN4O3. The molecule has 4 rings (SSSR count). The van der Waals surface area contributed by atoms with E-state index in [1.165, 1.54) is 21.9 Å². The maximum Gasteiger partial charge on any atom is 0.325 e. The summed E-state index contributed by atoms with van der Waals surface area (Å²) in [6.07, 6.45) is 0.624. The lowest BCUT2D eigenvalue weighted by Gasteiger charge is -2.37. The number of aryl methyl sites for hydroxylation is 1. The molecule has 2 saturated heterocycles. The number of imide groups is 1. The summed E-state index contributed by atoms with van der Waals surface area (Å²) in [6, 6.07) is 12.8. The van der Waals surface area contributed by atoms with E-state index in [4.69, 9.17) is 0 Å². The van der Waals surface area contributed by atoms with Crippen LogP contribution in [0.3, 0.4) is 0 Å². The first-order valence-electron chi connectivity index (χ1n) is 9.88. The number of urea groups is 2. The molecule has 5 amide bonds. The number of para-hydroxylation sites is 1. The standard InChI is InChI=1S/C22H23FN4O3/c1-15-6-8-16(9-7-15)14-27-19(28)22(25-21(27)30)10-12-26(13-11-22)20(29)24-18-5-3-2-4-17(18)23/h2-9H,10-14H2,1H3,(H,24,29)(H,25,30). The Bertz CT molecular complexity index is 984. The molecule has 30 heavy (non-hydrogen) atoms. The van der Waals surface area contributed by atoms with Crippen LogP contribution >= 0.6 is 0 Å². The van der Waals surface area contributed by atoms with Crippen molar-refractivity contribution in [3.8, 4) is 0 Å². The molecule has 2 aliphatic heterocycles. The van der Waals surface area contributed by atoms with Crippen molar-refractivity contribution in [2.24, 2.45) is 0 Å². The zero-order valence-electron chi connectivity index (χ0n) is 16.7. The van der Waals surface area contributed by atoms with Gasteiger partial charge in [-0.25, -0.2) is 14.0 Å². The largest absolute Gasteiger partial charge is 0.325 e. The van der Waals surface area contributed by atoms with Crippen molar-refractivity contribution in [3.05, 3.63) is 65.5 Å². The summed E-state index contributed by atoms with van der Waals surface area (Å²) in [5.41, 5.74) is 1.10. The molecule has 0 unspecified atom stereocenters. The highest BCUT2D eigenvalue weighted by Crippen LogP contribution is 2.31. The molecule has 0 saturated carbocycles. The van der Waals surface area contributed by atoms with Crippen LogP contribution in [-0.4, -0.2) is 46.4 Å². The van der Waals surface area contributed by atoms with Crippen molar-refractivity contribution < 1.29 is 18.8 Å². The quantitative estimate of drug-likeness (QED) is 0.762. The average molecular weight is 410 g/mol. The second-order valence-electron chi connectivity index (χ2n) is 7.79. The fraction of sp³-hybridized carbons (Fsp3) is 0.318. The van der Waals surface area contributed by atoms with E-state index in [2.05, 4.69) is 10.6 Å². The van der Waals surface area contributed by atoms with Crippen molar-refractivity contribution in [3.63, 3.8) is 0 Å². The van der Waals surface area contributed by atoms with E-state index >= 15 is 0 Å². The van der Waals surface area contributed by atoms with Crippen LogP contribution in [0.15, 0.2) is 48.5 Å². The molecule has 2 aromatic carbocycles. The normalized spacial score (nSPS) is 17.9. The van der Waals surface area contributed by atoms with Gasteiger partial charge in [-0.05, 0) is 37.5 Å². The van der Waals surface area contributed by atoms with Gasteiger partial charge in [0.15, 0.2) is 0 Å². The minimum atomic E-state index is -0.990. The lowest BCUT2D eigenvalue weighted by molar-refractivity contribution is -0.133. The highest BCUT2D eigenvalue weighted by atomic mass is 19.1. The predicted molar refractivity (Wildman–Crippen MR) is 109 cm³/mol. The molecule has 0 atom stereocenters. The number of anilines is 1. The van der Waals surface area contributed by atoms with E-state index in [1.807, 2.05) is 31.2 Å². The molecule has 2 fully saturated rings. The number of nitrogens with one attached hydrogen (secondary N) is 2. The molecule has 0 aromatic heterocycles. The molecule has 0 radical (unpaired) electrons. The van der Waals surface area contributed by atoms with Crippen molar-refractivity contribution >= 4 is 23.7 Å². The molecule has 2 aliphatic rings. The number of rotatable bonds is 3. The number of nitrogens with zero attached hydrogens (tertiary/aromatic N) is 2. The number of amides is 5. The summed E-state index contributed by atoms with van der Waals surface area (Å²) in [6.45, 7) is 2.75. The van der Waals surface area contributed by atoms with Crippen LogP contribution in [0.2, 0.25) is 0 Å². The Labute approximate surface area is 173 Å². The summed E-state index contributed by atoms with van der Waals surface area (Å²) >= 11 is 0. The summed E-state index contributed by atoms with van der Waals surface area (Å²) in [5, 5.41) is 5.39. The Morgan fingerprint density at radius 3 is 2.43 bits per heavy atom. The van der Waals surface area contributed by atoms with Crippen molar-refractivity contribution in [1.29, 1.82) is 0 Å².